The van der Waals surface area contributed by atoms with Gasteiger partial charge in [0.25, 0.3) is 0 Å². The summed E-state index contributed by atoms with van der Waals surface area (Å²) < 4.78 is 5.21. The summed E-state index contributed by atoms with van der Waals surface area (Å²) in [5.41, 5.74) is 1.21. The van der Waals surface area contributed by atoms with Crippen LogP contribution in [0.1, 0.15) is 31.4 Å². The fourth-order valence-corrected chi connectivity index (χ4v) is 2.78. The van der Waals surface area contributed by atoms with E-state index in [0.717, 1.165) is 39.0 Å². The molecule has 1 heterocycles. The minimum absolute atomic E-state index is 0.281. The summed E-state index contributed by atoms with van der Waals surface area (Å²) >= 11 is 0. The van der Waals surface area contributed by atoms with E-state index >= 15 is 0 Å². The van der Waals surface area contributed by atoms with Crippen LogP contribution in [0.2, 0.25) is 0 Å². The van der Waals surface area contributed by atoms with Crippen molar-refractivity contribution in [3.63, 3.8) is 0 Å². The molecule has 0 bridgehead atoms. The summed E-state index contributed by atoms with van der Waals surface area (Å²) in [6.07, 6.45) is 3.98. The number of esters is 1. The Balaban J connectivity index is 2.18. The van der Waals surface area contributed by atoms with Crippen LogP contribution < -0.4 is 10.1 Å². The lowest BCUT2D eigenvalue weighted by atomic mass is 9.99. The lowest BCUT2D eigenvalue weighted by Gasteiger charge is -2.35. The first kappa shape index (κ1) is 15.7. The number of hydrogen-bond acceptors (Lipinski definition) is 4. The SMILES string of the molecule is C=CCC[C@H](c1cccc(OC(C)=O)c1)N1CCNCC1. The van der Waals surface area contributed by atoms with Crippen LogP contribution in [0.25, 0.3) is 0 Å². The van der Waals surface area contributed by atoms with Crippen molar-refractivity contribution in [1.29, 1.82) is 0 Å². The van der Waals surface area contributed by atoms with Crippen molar-refractivity contribution in [2.45, 2.75) is 25.8 Å². The van der Waals surface area contributed by atoms with Gasteiger partial charge in [-0.25, -0.2) is 0 Å². The number of rotatable bonds is 6. The summed E-state index contributed by atoms with van der Waals surface area (Å²) in [5.74, 6) is 0.343. The maximum atomic E-state index is 11.1. The van der Waals surface area contributed by atoms with Gasteiger partial charge in [-0.2, -0.15) is 0 Å². The molecule has 1 N–H and O–H groups in total. The number of benzene rings is 1. The first-order valence-electron chi connectivity index (χ1n) is 7.54. The summed E-state index contributed by atoms with van der Waals surface area (Å²) in [5, 5.41) is 3.38. The predicted octanol–water partition coefficient (Wildman–Crippen LogP) is 2.52. The molecule has 0 unspecified atom stereocenters. The molecule has 1 aromatic rings. The van der Waals surface area contributed by atoms with Gasteiger partial charge >= 0.3 is 5.97 Å². The quantitative estimate of drug-likeness (QED) is 0.496. The van der Waals surface area contributed by atoms with Gasteiger partial charge in [0.15, 0.2) is 0 Å². The average molecular weight is 288 g/mol. The molecule has 4 heteroatoms. The van der Waals surface area contributed by atoms with Gasteiger partial charge in [-0.1, -0.05) is 18.2 Å². The molecule has 1 aliphatic heterocycles. The van der Waals surface area contributed by atoms with Crippen molar-refractivity contribution in [2.75, 3.05) is 26.2 Å². The van der Waals surface area contributed by atoms with Gasteiger partial charge in [0.05, 0.1) is 0 Å². The van der Waals surface area contributed by atoms with Crippen LogP contribution in [0.4, 0.5) is 0 Å². The minimum atomic E-state index is -0.281. The van der Waals surface area contributed by atoms with E-state index in [1.807, 2.05) is 24.3 Å². The van der Waals surface area contributed by atoms with Crippen LogP contribution in [0.3, 0.4) is 0 Å². The van der Waals surface area contributed by atoms with Crippen LogP contribution >= 0.6 is 0 Å². The van der Waals surface area contributed by atoms with E-state index in [1.165, 1.54) is 12.5 Å². The Labute approximate surface area is 126 Å². The van der Waals surface area contributed by atoms with Crippen molar-refractivity contribution >= 4 is 5.97 Å². The van der Waals surface area contributed by atoms with Gasteiger partial charge in [-0.05, 0) is 30.5 Å². The summed E-state index contributed by atoms with van der Waals surface area (Å²) in [6.45, 7) is 9.38. The Morgan fingerprint density at radius 3 is 2.90 bits per heavy atom. The lowest BCUT2D eigenvalue weighted by Crippen LogP contribution is -2.45. The first-order valence-corrected chi connectivity index (χ1v) is 7.54. The maximum absolute atomic E-state index is 11.1. The molecule has 0 amide bonds. The molecule has 1 saturated heterocycles. The molecule has 4 nitrogen and oxygen atoms in total. The van der Waals surface area contributed by atoms with E-state index in [2.05, 4.69) is 22.9 Å². The van der Waals surface area contributed by atoms with E-state index < -0.39 is 0 Å². The van der Waals surface area contributed by atoms with Crippen molar-refractivity contribution in [2.24, 2.45) is 0 Å². The van der Waals surface area contributed by atoms with Crippen molar-refractivity contribution in [1.82, 2.24) is 10.2 Å². The highest BCUT2D eigenvalue weighted by atomic mass is 16.5. The number of hydrogen-bond donors (Lipinski definition) is 1. The van der Waals surface area contributed by atoms with E-state index in [-0.39, 0.29) is 5.97 Å². The highest BCUT2D eigenvalue weighted by Crippen LogP contribution is 2.28. The summed E-state index contributed by atoms with van der Waals surface area (Å²) in [7, 11) is 0. The molecule has 0 aromatic heterocycles. The number of ether oxygens (including phenoxy) is 1. The molecule has 114 valence electrons. The van der Waals surface area contributed by atoms with E-state index in [1.54, 1.807) is 0 Å². The Morgan fingerprint density at radius 2 is 2.24 bits per heavy atom. The monoisotopic (exact) mass is 288 g/mol. The molecule has 2 rings (SSSR count). The summed E-state index contributed by atoms with van der Waals surface area (Å²) in [4.78, 5) is 13.6. The van der Waals surface area contributed by atoms with Crippen LogP contribution in [0.5, 0.6) is 5.75 Å². The molecular weight excluding hydrogens is 264 g/mol. The zero-order valence-corrected chi connectivity index (χ0v) is 12.7. The van der Waals surface area contributed by atoms with Crippen LogP contribution in [0.15, 0.2) is 36.9 Å². The normalized spacial score (nSPS) is 17.2. The molecule has 0 aliphatic carbocycles. The highest BCUT2D eigenvalue weighted by Gasteiger charge is 2.21. The number of carbonyl (C=O) groups is 1. The maximum Gasteiger partial charge on any atom is 0.308 e. The fourth-order valence-electron chi connectivity index (χ4n) is 2.78. The predicted molar refractivity (Wildman–Crippen MR) is 84.4 cm³/mol. The number of nitrogens with zero attached hydrogens (tertiary/aromatic N) is 1. The third kappa shape index (κ3) is 4.69. The topological polar surface area (TPSA) is 41.6 Å². The minimum Gasteiger partial charge on any atom is -0.427 e. The van der Waals surface area contributed by atoms with Crippen molar-refractivity contribution in [3.05, 3.63) is 42.5 Å². The lowest BCUT2D eigenvalue weighted by molar-refractivity contribution is -0.131. The molecule has 1 fully saturated rings. The summed E-state index contributed by atoms with van der Waals surface area (Å²) in [6, 6.07) is 8.23. The van der Waals surface area contributed by atoms with Gasteiger partial charge in [-0.15, -0.1) is 6.58 Å². The molecular formula is C17H24N2O2. The van der Waals surface area contributed by atoms with Gasteiger partial charge < -0.3 is 10.1 Å². The number of allylic oxidation sites excluding steroid dienone is 1. The second kappa shape index (κ2) is 7.96. The van der Waals surface area contributed by atoms with Crippen molar-refractivity contribution < 1.29 is 9.53 Å². The zero-order chi connectivity index (χ0) is 15.1. The van der Waals surface area contributed by atoms with Gasteiger partial charge in [-0.3, -0.25) is 9.69 Å². The zero-order valence-electron chi connectivity index (χ0n) is 12.7. The molecule has 0 saturated carbocycles. The van der Waals surface area contributed by atoms with E-state index in [4.69, 9.17) is 4.74 Å². The van der Waals surface area contributed by atoms with Crippen LogP contribution in [-0.2, 0) is 4.79 Å². The van der Waals surface area contributed by atoms with Crippen LogP contribution in [0, 0.1) is 0 Å². The molecule has 0 radical (unpaired) electrons. The van der Waals surface area contributed by atoms with Crippen LogP contribution in [-0.4, -0.2) is 37.0 Å². The Morgan fingerprint density at radius 1 is 1.48 bits per heavy atom. The van der Waals surface area contributed by atoms with E-state index in [9.17, 15) is 4.79 Å². The number of carbonyl (C=O) groups excluding carboxylic acids is 1. The smallest absolute Gasteiger partial charge is 0.308 e. The second-order valence-corrected chi connectivity index (χ2v) is 5.33. The third-order valence-corrected chi connectivity index (χ3v) is 3.74. The molecule has 21 heavy (non-hydrogen) atoms. The molecule has 0 spiro atoms. The highest BCUT2D eigenvalue weighted by molar-refractivity contribution is 5.69. The fraction of sp³-hybridized carbons (Fsp3) is 0.471. The number of piperazine rings is 1. The van der Waals surface area contributed by atoms with Gasteiger partial charge in [0.1, 0.15) is 5.75 Å². The molecule has 1 aromatic carbocycles. The second-order valence-electron chi connectivity index (χ2n) is 5.33. The van der Waals surface area contributed by atoms with Crippen molar-refractivity contribution in [3.8, 4) is 5.75 Å². The number of nitrogens with one attached hydrogen (secondary N) is 1. The van der Waals surface area contributed by atoms with E-state index in [0.29, 0.717) is 11.8 Å². The van der Waals surface area contributed by atoms with Gasteiger partial charge in [0, 0.05) is 39.1 Å². The molecule has 1 atom stereocenters. The average Bonchev–Trinajstić information content (AvgIpc) is 2.48. The first-order chi connectivity index (χ1) is 10.2. The standard InChI is InChI=1S/C17H24N2O2/c1-3-4-8-17(19-11-9-18-10-12-19)15-6-5-7-16(13-15)21-14(2)20/h3,5-7,13,17-18H,1,4,8-12H2,2H3/t17-/m1/s1. The Hall–Kier alpha value is -1.65. The third-order valence-electron chi connectivity index (χ3n) is 3.74. The Bertz CT molecular complexity index is 481. The van der Waals surface area contributed by atoms with Gasteiger partial charge in [0.2, 0.25) is 0 Å². The Kier molecular flexibility index (Phi) is 5.96. The molecule has 1 aliphatic rings. The largest absolute Gasteiger partial charge is 0.427 e.